The number of likely N-dealkylation sites (tertiary alicyclic amines) is 1. The van der Waals surface area contributed by atoms with Crippen molar-refractivity contribution in [3.63, 3.8) is 0 Å². The van der Waals surface area contributed by atoms with Gasteiger partial charge in [0.1, 0.15) is 31.3 Å². The Hall–Kier alpha value is -3.67. The quantitative estimate of drug-likeness (QED) is 0.291. The number of esters is 1. The molecule has 0 spiro atoms. The lowest BCUT2D eigenvalue weighted by Gasteiger charge is -2.33. The lowest BCUT2D eigenvalue weighted by atomic mass is 10.1. The van der Waals surface area contributed by atoms with Crippen molar-refractivity contribution >= 4 is 29.6 Å². The van der Waals surface area contributed by atoms with Crippen molar-refractivity contribution < 1.29 is 38.5 Å². The van der Waals surface area contributed by atoms with Gasteiger partial charge in [0.25, 0.3) is 11.9 Å². The number of hydrogen-bond donors (Lipinski definition) is 3. The Kier molecular flexibility index (Phi) is 9.80. The third-order valence-electron chi connectivity index (χ3n) is 5.21. The predicted molar refractivity (Wildman–Crippen MR) is 120 cm³/mol. The monoisotopic (exact) mass is 478 g/mol. The zero-order chi connectivity index (χ0) is 25.3. The number of aliphatic carboxylic acids is 1. The Morgan fingerprint density at radius 1 is 1.24 bits per heavy atom. The number of fused-ring (bicyclic) bond motifs is 1. The molecule has 0 unspecified atom stereocenters. The number of carboxylic acid groups (broad SMARTS) is 1. The van der Waals surface area contributed by atoms with E-state index in [1.54, 1.807) is 23.1 Å². The second-order valence-electron chi connectivity index (χ2n) is 7.69. The van der Waals surface area contributed by atoms with Crippen molar-refractivity contribution in [2.45, 2.75) is 25.9 Å². The molecular weight excluding hydrogens is 448 g/mol. The van der Waals surface area contributed by atoms with Crippen LogP contribution in [0.4, 0.5) is 0 Å². The number of nitrogens with one attached hydrogen (secondary N) is 1. The molecule has 0 aromatic heterocycles. The summed E-state index contributed by atoms with van der Waals surface area (Å²) in [6.45, 7) is 2.49. The number of benzene rings is 1. The standard InChI is InChI=1S/C20H26N4O6.C2H4O2/c1-28-18(26)12-30-14-4-6-23(7-5-14)17(25)11-24-8-9-29-16-10-13(19(21)22)2-3-15(16)20(24)27;1-2(3)4/h2-3,10,14H,4-9,11-12H2,1H3,(H3,21,22);1H3,(H,3,4). The molecule has 2 heterocycles. The second kappa shape index (κ2) is 12.5. The highest BCUT2D eigenvalue weighted by Gasteiger charge is 2.29. The maximum absolute atomic E-state index is 12.9. The lowest BCUT2D eigenvalue weighted by molar-refractivity contribution is -0.150. The van der Waals surface area contributed by atoms with E-state index in [0.717, 1.165) is 6.92 Å². The Labute approximate surface area is 197 Å². The zero-order valence-corrected chi connectivity index (χ0v) is 19.2. The topological polar surface area (TPSA) is 173 Å². The van der Waals surface area contributed by atoms with Crippen LogP contribution in [0.5, 0.6) is 5.75 Å². The SMILES string of the molecule is CC(=O)O.COC(=O)COC1CCN(C(=O)CN2CCOc3cc(C(=N)N)ccc3C2=O)CC1. The number of ether oxygens (including phenoxy) is 3. The summed E-state index contributed by atoms with van der Waals surface area (Å²) in [6.07, 6.45) is 1.15. The van der Waals surface area contributed by atoms with Gasteiger partial charge in [-0.25, -0.2) is 4.79 Å². The molecule has 1 aromatic carbocycles. The minimum Gasteiger partial charge on any atom is -0.491 e. The van der Waals surface area contributed by atoms with E-state index >= 15 is 0 Å². The number of carboxylic acids is 1. The number of nitrogen functional groups attached to an aromatic ring is 1. The molecule has 2 aliphatic rings. The van der Waals surface area contributed by atoms with Crippen LogP contribution in [0, 0.1) is 5.41 Å². The lowest BCUT2D eigenvalue weighted by Crippen LogP contribution is -2.47. The average molecular weight is 479 g/mol. The van der Waals surface area contributed by atoms with Crippen molar-refractivity contribution in [3.8, 4) is 5.75 Å². The van der Waals surface area contributed by atoms with Crippen molar-refractivity contribution in [1.82, 2.24) is 9.80 Å². The molecule has 4 N–H and O–H groups in total. The molecule has 0 atom stereocenters. The van der Waals surface area contributed by atoms with Gasteiger partial charge in [0.2, 0.25) is 5.91 Å². The first kappa shape index (κ1) is 26.6. The van der Waals surface area contributed by atoms with Gasteiger partial charge < -0.3 is 34.9 Å². The number of amidine groups is 1. The van der Waals surface area contributed by atoms with Gasteiger partial charge in [-0.15, -0.1) is 0 Å². The molecule has 1 aromatic rings. The molecule has 1 fully saturated rings. The molecule has 3 rings (SSSR count). The summed E-state index contributed by atoms with van der Waals surface area (Å²) in [4.78, 5) is 49.0. The molecule has 0 saturated carbocycles. The highest BCUT2D eigenvalue weighted by Crippen LogP contribution is 2.25. The average Bonchev–Trinajstić information content (AvgIpc) is 2.95. The van der Waals surface area contributed by atoms with E-state index in [-0.39, 0.29) is 50.1 Å². The highest BCUT2D eigenvalue weighted by molar-refractivity contribution is 6.01. The first-order chi connectivity index (χ1) is 16.1. The fourth-order valence-corrected chi connectivity index (χ4v) is 3.45. The number of carbonyl (C=O) groups is 4. The van der Waals surface area contributed by atoms with Crippen LogP contribution in [0.25, 0.3) is 0 Å². The third kappa shape index (κ3) is 7.73. The van der Waals surface area contributed by atoms with Crippen molar-refractivity contribution in [3.05, 3.63) is 29.3 Å². The van der Waals surface area contributed by atoms with Crippen LogP contribution in [0.1, 0.15) is 35.7 Å². The van der Waals surface area contributed by atoms with Crippen LogP contribution in [-0.4, -0.2) is 97.1 Å². The van der Waals surface area contributed by atoms with Gasteiger partial charge in [-0.1, -0.05) is 6.07 Å². The summed E-state index contributed by atoms with van der Waals surface area (Å²) < 4.78 is 15.7. The Bertz CT molecular complexity index is 923. The number of rotatable bonds is 6. The molecule has 0 aliphatic carbocycles. The molecule has 34 heavy (non-hydrogen) atoms. The highest BCUT2D eigenvalue weighted by atomic mass is 16.6. The number of methoxy groups -OCH3 is 1. The summed E-state index contributed by atoms with van der Waals surface area (Å²) in [6, 6.07) is 4.73. The molecule has 2 amide bonds. The fraction of sp³-hybridized carbons (Fsp3) is 0.500. The maximum atomic E-state index is 12.9. The van der Waals surface area contributed by atoms with Gasteiger partial charge in [-0.3, -0.25) is 19.8 Å². The summed E-state index contributed by atoms with van der Waals surface area (Å²) in [7, 11) is 1.31. The largest absolute Gasteiger partial charge is 0.491 e. The molecule has 186 valence electrons. The van der Waals surface area contributed by atoms with E-state index < -0.39 is 11.9 Å². The molecule has 12 heteroatoms. The second-order valence-corrected chi connectivity index (χ2v) is 7.69. The van der Waals surface area contributed by atoms with Crippen molar-refractivity contribution in [1.29, 1.82) is 5.41 Å². The third-order valence-corrected chi connectivity index (χ3v) is 5.21. The Balaban J connectivity index is 0.000000945. The minimum absolute atomic E-state index is 0.0379. The number of hydrogen-bond acceptors (Lipinski definition) is 8. The predicted octanol–water partition coefficient (Wildman–Crippen LogP) is 0.0768. The minimum atomic E-state index is -0.833. The number of amides is 2. The van der Waals surface area contributed by atoms with Crippen LogP contribution in [0.2, 0.25) is 0 Å². The van der Waals surface area contributed by atoms with E-state index in [0.29, 0.717) is 42.8 Å². The van der Waals surface area contributed by atoms with Gasteiger partial charge in [-0.05, 0) is 25.0 Å². The summed E-state index contributed by atoms with van der Waals surface area (Å²) >= 11 is 0. The number of nitrogens with two attached hydrogens (primary N) is 1. The van der Waals surface area contributed by atoms with Crippen molar-refractivity contribution in [2.75, 3.05) is 46.5 Å². The van der Waals surface area contributed by atoms with Gasteiger partial charge >= 0.3 is 5.97 Å². The van der Waals surface area contributed by atoms with Crippen LogP contribution in [-0.2, 0) is 23.9 Å². The number of nitrogens with zero attached hydrogens (tertiary/aromatic N) is 2. The summed E-state index contributed by atoms with van der Waals surface area (Å²) in [5.41, 5.74) is 6.32. The van der Waals surface area contributed by atoms with E-state index in [9.17, 15) is 14.4 Å². The fourth-order valence-electron chi connectivity index (χ4n) is 3.45. The number of piperidine rings is 1. The smallest absolute Gasteiger partial charge is 0.331 e. The molecule has 0 radical (unpaired) electrons. The summed E-state index contributed by atoms with van der Waals surface area (Å²) in [5.74, 6) is -1.43. The van der Waals surface area contributed by atoms with Crippen LogP contribution < -0.4 is 10.5 Å². The van der Waals surface area contributed by atoms with Gasteiger partial charge in [-0.2, -0.15) is 0 Å². The first-order valence-electron chi connectivity index (χ1n) is 10.7. The number of carbonyl (C=O) groups excluding carboxylic acids is 3. The van der Waals surface area contributed by atoms with E-state index in [2.05, 4.69) is 4.74 Å². The first-order valence-corrected chi connectivity index (χ1v) is 10.7. The van der Waals surface area contributed by atoms with Gasteiger partial charge in [0, 0.05) is 25.6 Å². The zero-order valence-electron chi connectivity index (χ0n) is 19.2. The summed E-state index contributed by atoms with van der Waals surface area (Å²) in [5, 5.41) is 14.9. The van der Waals surface area contributed by atoms with Crippen LogP contribution in [0.15, 0.2) is 18.2 Å². The van der Waals surface area contributed by atoms with Gasteiger partial charge in [0.05, 0.1) is 25.3 Å². The van der Waals surface area contributed by atoms with Crippen LogP contribution in [0.3, 0.4) is 0 Å². The Morgan fingerprint density at radius 3 is 2.47 bits per heavy atom. The Morgan fingerprint density at radius 2 is 1.88 bits per heavy atom. The normalized spacial score (nSPS) is 15.8. The molecule has 0 bridgehead atoms. The van der Waals surface area contributed by atoms with Crippen LogP contribution >= 0.6 is 0 Å². The van der Waals surface area contributed by atoms with E-state index in [1.165, 1.54) is 12.0 Å². The van der Waals surface area contributed by atoms with Gasteiger partial charge in [0.15, 0.2) is 0 Å². The van der Waals surface area contributed by atoms with Crippen molar-refractivity contribution in [2.24, 2.45) is 5.73 Å². The molecule has 12 nitrogen and oxygen atoms in total. The molecular formula is C22H30N4O8. The maximum Gasteiger partial charge on any atom is 0.331 e. The molecule has 2 aliphatic heterocycles. The van der Waals surface area contributed by atoms with E-state index in [1.807, 2.05) is 0 Å². The molecule has 1 saturated heterocycles. The van der Waals surface area contributed by atoms with E-state index in [4.69, 9.17) is 30.5 Å².